The van der Waals surface area contributed by atoms with E-state index in [-0.39, 0.29) is 12.5 Å². The maximum absolute atomic E-state index is 9.30. The second-order valence-corrected chi connectivity index (χ2v) is 4.46. The van der Waals surface area contributed by atoms with Crippen LogP contribution in [-0.4, -0.2) is 25.4 Å². The van der Waals surface area contributed by atoms with Crippen LogP contribution in [0.3, 0.4) is 0 Å². The van der Waals surface area contributed by atoms with E-state index in [0.717, 1.165) is 17.7 Å². The highest BCUT2D eigenvalue weighted by Crippen LogP contribution is 2.29. The number of benzene rings is 2. The fraction of sp³-hybridized carbons (Fsp3) is 0.333. The summed E-state index contributed by atoms with van der Waals surface area (Å²) in [5.41, 5.74) is 6.79. The number of ether oxygens (including phenoxy) is 1. The van der Waals surface area contributed by atoms with Gasteiger partial charge < -0.3 is 15.6 Å². The van der Waals surface area contributed by atoms with Crippen LogP contribution in [0.2, 0.25) is 0 Å². The lowest BCUT2D eigenvalue weighted by molar-refractivity contribution is 0.229. The summed E-state index contributed by atoms with van der Waals surface area (Å²) in [6, 6.07) is 12.2. The molecular weight excluding hydrogens is 226 g/mol. The zero-order chi connectivity index (χ0) is 13.0. The summed E-state index contributed by atoms with van der Waals surface area (Å²) in [6.45, 7) is 0.575. The maximum Gasteiger partial charge on any atom is 0.122 e. The standard InChI is InChI=1S/C15H19NO2/c1-18-15-7-6-12-4-2-3-5-13(12)14(15)8-11(9-16)10-17/h2-7,11,17H,8-10,16H2,1H3/t11-/m0/s1. The number of nitrogens with two attached hydrogens (primary N) is 1. The van der Waals surface area contributed by atoms with Gasteiger partial charge >= 0.3 is 0 Å². The Balaban J connectivity index is 2.50. The summed E-state index contributed by atoms with van der Waals surface area (Å²) in [5.74, 6) is 0.935. The molecular formula is C15H19NO2. The molecule has 3 heteroatoms. The van der Waals surface area contributed by atoms with Gasteiger partial charge in [-0.15, -0.1) is 0 Å². The van der Waals surface area contributed by atoms with Crippen molar-refractivity contribution in [1.29, 1.82) is 0 Å². The molecule has 0 saturated carbocycles. The van der Waals surface area contributed by atoms with E-state index in [0.29, 0.717) is 6.54 Å². The Labute approximate surface area is 107 Å². The van der Waals surface area contributed by atoms with Gasteiger partial charge in [-0.3, -0.25) is 0 Å². The molecule has 1 atom stereocenters. The van der Waals surface area contributed by atoms with E-state index in [4.69, 9.17) is 10.5 Å². The molecule has 0 heterocycles. The summed E-state index contributed by atoms with van der Waals surface area (Å²) < 4.78 is 5.42. The van der Waals surface area contributed by atoms with Gasteiger partial charge in [0.25, 0.3) is 0 Å². The molecule has 0 unspecified atom stereocenters. The van der Waals surface area contributed by atoms with Gasteiger partial charge in [-0.25, -0.2) is 0 Å². The van der Waals surface area contributed by atoms with E-state index in [1.54, 1.807) is 7.11 Å². The van der Waals surface area contributed by atoms with Crippen molar-refractivity contribution in [1.82, 2.24) is 0 Å². The van der Waals surface area contributed by atoms with Crippen molar-refractivity contribution in [3.05, 3.63) is 42.0 Å². The number of methoxy groups -OCH3 is 1. The highest BCUT2D eigenvalue weighted by molar-refractivity contribution is 5.87. The first-order valence-electron chi connectivity index (χ1n) is 6.15. The first kappa shape index (κ1) is 12.9. The fourth-order valence-electron chi connectivity index (χ4n) is 2.23. The highest BCUT2D eigenvalue weighted by atomic mass is 16.5. The van der Waals surface area contributed by atoms with Crippen molar-refractivity contribution in [2.75, 3.05) is 20.3 Å². The first-order chi connectivity index (χ1) is 8.80. The van der Waals surface area contributed by atoms with Crippen LogP contribution >= 0.6 is 0 Å². The topological polar surface area (TPSA) is 55.5 Å². The van der Waals surface area contributed by atoms with Crippen molar-refractivity contribution in [3.63, 3.8) is 0 Å². The van der Waals surface area contributed by atoms with Gasteiger partial charge in [0.1, 0.15) is 5.75 Å². The molecule has 0 radical (unpaired) electrons. The van der Waals surface area contributed by atoms with E-state index in [1.807, 2.05) is 24.3 Å². The molecule has 0 spiro atoms. The highest BCUT2D eigenvalue weighted by Gasteiger charge is 2.13. The van der Waals surface area contributed by atoms with E-state index < -0.39 is 0 Å². The minimum Gasteiger partial charge on any atom is -0.496 e. The second kappa shape index (κ2) is 5.85. The summed E-state index contributed by atoms with van der Waals surface area (Å²) in [7, 11) is 1.67. The number of fused-ring (bicyclic) bond motifs is 1. The minimum absolute atomic E-state index is 0.0738. The van der Waals surface area contributed by atoms with Crippen molar-refractivity contribution >= 4 is 10.8 Å². The van der Waals surface area contributed by atoms with Crippen LogP contribution in [0.15, 0.2) is 36.4 Å². The van der Waals surface area contributed by atoms with Crippen LogP contribution in [0.1, 0.15) is 5.56 Å². The van der Waals surface area contributed by atoms with Gasteiger partial charge in [-0.1, -0.05) is 30.3 Å². The van der Waals surface area contributed by atoms with E-state index >= 15 is 0 Å². The number of aliphatic hydroxyl groups is 1. The average Bonchev–Trinajstić information content (AvgIpc) is 2.44. The molecule has 96 valence electrons. The Hall–Kier alpha value is -1.58. The van der Waals surface area contributed by atoms with Crippen molar-refractivity contribution < 1.29 is 9.84 Å². The maximum atomic E-state index is 9.30. The third-order valence-electron chi connectivity index (χ3n) is 3.30. The third-order valence-corrected chi connectivity index (χ3v) is 3.30. The Morgan fingerprint density at radius 3 is 2.67 bits per heavy atom. The van der Waals surface area contributed by atoms with Crippen LogP contribution < -0.4 is 10.5 Å². The molecule has 2 aromatic rings. The molecule has 18 heavy (non-hydrogen) atoms. The van der Waals surface area contributed by atoms with Crippen molar-refractivity contribution in [2.45, 2.75) is 6.42 Å². The molecule has 0 aromatic heterocycles. The number of aliphatic hydroxyl groups excluding tert-OH is 1. The summed E-state index contributed by atoms with van der Waals surface area (Å²) in [5, 5.41) is 11.7. The molecule has 0 aliphatic heterocycles. The Morgan fingerprint density at radius 2 is 2.00 bits per heavy atom. The molecule has 0 amide bonds. The van der Waals surface area contributed by atoms with Gasteiger partial charge in [0.05, 0.1) is 7.11 Å². The van der Waals surface area contributed by atoms with E-state index in [2.05, 4.69) is 12.1 Å². The third kappa shape index (κ3) is 2.47. The molecule has 0 aliphatic carbocycles. The van der Waals surface area contributed by atoms with Gasteiger partial charge in [0.2, 0.25) is 0 Å². The van der Waals surface area contributed by atoms with Crippen LogP contribution in [0.5, 0.6) is 5.75 Å². The predicted molar refractivity (Wildman–Crippen MR) is 73.8 cm³/mol. The van der Waals surface area contributed by atoms with Crippen LogP contribution in [-0.2, 0) is 6.42 Å². The summed E-state index contributed by atoms with van der Waals surface area (Å²) in [6.07, 6.45) is 0.734. The molecule has 0 bridgehead atoms. The Kier molecular flexibility index (Phi) is 4.18. The van der Waals surface area contributed by atoms with Crippen LogP contribution in [0, 0.1) is 5.92 Å². The average molecular weight is 245 g/mol. The number of rotatable bonds is 5. The molecule has 0 saturated heterocycles. The molecule has 2 aromatic carbocycles. The normalized spacial score (nSPS) is 12.6. The Morgan fingerprint density at radius 1 is 1.22 bits per heavy atom. The lowest BCUT2D eigenvalue weighted by atomic mass is 9.94. The number of hydrogen-bond donors (Lipinski definition) is 2. The largest absolute Gasteiger partial charge is 0.496 e. The predicted octanol–water partition coefficient (Wildman–Crippen LogP) is 1.96. The lowest BCUT2D eigenvalue weighted by Crippen LogP contribution is -2.20. The summed E-state index contributed by atoms with van der Waals surface area (Å²) >= 11 is 0. The molecule has 2 rings (SSSR count). The number of hydrogen-bond acceptors (Lipinski definition) is 3. The van der Waals surface area contributed by atoms with Crippen molar-refractivity contribution in [2.24, 2.45) is 11.7 Å². The molecule has 3 N–H and O–H groups in total. The van der Waals surface area contributed by atoms with Gasteiger partial charge in [-0.05, 0) is 35.7 Å². The van der Waals surface area contributed by atoms with Gasteiger partial charge in [-0.2, -0.15) is 0 Å². The molecule has 3 nitrogen and oxygen atoms in total. The van der Waals surface area contributed by atoms with Crippen LogP contribution in [0.4, 0.5) is 0 Å². The monoisotopic (exact) mass is 245 g/mol. The van der Waals surface area contributed by atoms with Crippen LogP contribution in [0.25, 0.3) is 10.8 Å². The lowest BCUT2D eigenvalue weighted by Gasteiger charge is -2.16. The summed E-state index contributed by atoms with van der Waals surface area (Å²) in [4.78, 5) is 0. The first-order valence-corrected chi connectivity index (χ1v) is 6.15. The van der Waals surface area contributed by atoms with E-state index in [9.17, 15) is 5.11 Å². The smallest absolute Gasteiger partial charge is 0.122 e. The molecule has 0 fully saturated rings. The quantitative estimate of drug-likeness (QED) is 0.846. The Bertz CT molecular complexity index is 521. The zero-order valence-corrected chi connectivity index (χ0v) is 10.6. The van der Waals surface area contributed by atoms with Gasteiger partial charge in [0.15, 0.2) is 0 Å². The SMILES string of the molecule is COc1ccc2ccccc2c1C[C@@H](CN)CO. The second-order valence-electron chi connectivity index (χ2n) is 4.46. The van der Waals surface area contributed by atoms with Crippen molar-refractivity contribution in [3.8, 4) is 5.75 Å². The van der Waals surface area contributed by atoms with E-state index in [1.165, 1.54) is 10.8 Å². The molecule has 0 aliphatic rings. The minimum atomic E-state index is 0.0738. The zero-order valence-electron chi connectivity index (χ0n) is 10.6. The van der Waals surface area contributed by atoms with Gasteiger partial charge in [0, 0.05) is 12.2 Å². The fourth-order valence-corrected chi connectivity index (χ4v) is 2.23.